The molecule has 0 atom stereocenters. The fraction of sp³-hybridized carbons (Fsp3) is 0.167. The van der Waals surface area contributed by atoms with Crippen molar-refractivity contribution in [1.29, 1.82) is 0 Å². The molecule has 0 bridgehead atoms. The molecule has 0 unspecified atom stereocenters. The van der Waals surface area contributed by atoms with Gasteiger partial charge in [-0.2, -0.15) is 0 Å². The van der Waals surface area contributed by atoms with Crippen LogP contribution in [0.15, 0.2) is 84.3 Å². The summed E-state index contributed by atoms with van der Waals surface area (Å²) < 4.78 is 1.99. The highest BCUT2D eigenvalue weighted by Gasteiger charge is 2.22. The van der Waals surface area contributed by atoms with E-state index in [1.54, 1.807) is 12.4 Å². The Hall–Kier alpha value is -3.45. The molecule has 7 heteroatoms. The Balaban J connectivity index is 1.37. The Morgan fingerprint density at radius 2 is 1.74 bits per heavy atom. The molecule has 4 aromatic rings. The second-order valence-electron chi connectivity index (χ2n) is 7.34. The van der Waals surface area contributed by atoms with Crippen molar-refractivity contribution >= 4 is 17.7 Å². The molecule has 0 saturated carbocycles. The van der Waals surface area contributed by atoms with Crippen molar-refractivity contribution in [3.8, 4) is 17.1 Å². The summed E-state index contributed by atoms with van der Waals surface area (Å²) in [5, 5.41) is 9.50. The van der Waals surface area contributed by atoms with Crippen molar-refractivity contribution in [3.05, 3.63) is 90.3 Å². The van der Waals surface area contributed by atoms with E-state index in [2.05, 4.69) is 33.4 Å². The van der Waals surface area contributed by atoms with Gasteiger partial charge in [0.15, 0.2) is 11.0 Å². The fourth-order valence-electron chi connectivity index (χ4n) is 3.78. The number of fused-ring (bicyclic) bond motifs is 1. The first kappa shape index (κ1) is 19.5. The lowest BCUT2D eigenvalue weighted by molar-refractivity contribution is -0.129. The molecule has 1 amide bonds. The number of pyridine rings is 1. The highest BCUT2D eigenvalue weighted by molar-refractivity contribution is 7.99. The van der Waals surface area contributed by atoms with Gasteiger partial charge in [0.05, 0.1) is 5.75 Å². The largest absolute Gasteiger partial charge is 0.337 e. The molecule has 2 aromatic heterocycles. The van der Waals surface area contributed by atoms with Gasteiger partial charge in [0, 0.05) is 36.7 Å². The van der Waals surface area contributed by atoms with Crippen molar-refractivity contribution in [3.63, 3.8) is 0 Å². The first-order valence-corrected chi connectivity index (χ1v) is 11.2. The summed E-state index contributed by atoms with van der Waals surface area (Å²) in [4.78, 5) is 19.1. The molecule has 0 aliphatic carbocycles. The summed E-state index contributed by atoms with van der Waals surface area (Å²) in [6.07, 6.45) is 4.41. The van der Waals surface area contributed by atoms with Crippen molar-refractivity contribution in [2.24, 2.45) is 0 Å². The van der Waals surface area contributed by atoms with Gasteiger partial charge in [0.25, 0.3) is 0 Å². The summed E-state index contributed by atoms with van der Waals surface area (Å²) in [5.41, 5.74) is 4.40. The molecular formula is C24H21N5OS. The molecule has 2 aromatic carbocycles. The number of para-hydroxylation sites is 1. The SMILES string of the molecule is O=C(CSc1nnc(-c2cccnc2)n1-c1ccccc1)N1CCc2ccccc2C1. The number of carbonyl (C=O) groups is 1. The highest BCUT2D eigenvalue weighted by Crippen LogP contribution is 2.28. The second-order valence-corrected chi connectivity index (χ2v) is 8.28. The number of aromatic nitrogens is 4. The predicted molar refractivity (Wildman–Crippen MR) is 121 cm³/mol. The minimum absolute atomic E-state index is 0.116. The maximum Gasteiger partial charge on any atom is 0.233 e. The van der Waals surface area contributed by atoms with E-state index in [0.29, 0.717) is 23.3 Å². The third-order valence-corrected chi connectivity index (χ3v) is 6.29. The fourth-order valence-corrected chi connectivity index (χ4v) is 4.64. The number of thioether (sulfide) groups is 1. The van der Waals surface area contributed by atoms with Crippen LogP contribution < -0.4 is 0 Å². The van der Waals surface area contributed by atoms with Crippen molar-refractivity contribution in [2.75, 3.05) is 12.3 Å². The number of amides is 1. The Morgan fingerprint density at radius 3 is 2.55 bits per heavy atom. The zero-order valence-electron chi connectivity index (χ0n) is 16.9. The van der Waals surface area contributed by atoms with Crippen molar-refractivity contribution in [1.82, 2.24) is 24.6 Å². The summed E-state index contributed by atoms with van der Waals surface area (Å²) in [6, 6.07) is 22.1. The van der Waals surface area contributed by atoms with Gasteiger partial charge < -0.3 is 4.90 Å². The van der Waals surface area contributed by atoms with E-state index in [9.17, 15) is 4.79 Å². The van der Waals surface area contributed by atoms with Crippen LogP contribution in [0.1, 0.15) is 11.1 Å². The summed E-state index contributed by atoms with van der Waals surface area (Å²) >= 11 is 1.42. The van der Waals surface area contributed by atoms with Crippen molar-refractivity contribution < 1.29 is 4.79 Å². The van der Waals surface area contributed by atoms with Crippen LogP contribution in [0.3, 0.4) is 0 Å². The Labute approximate surface area is 185 Å². The molecule has 1 aliphatic heterocycles. The third kappa shape index (κ3) is 4.09. The van der Waals surface area contributed by atoms with E-state index < -0.39 is 0 Å². The zero-order valence-corrected chi connectivity index (χ0v) is 17.7. The summed E-state index contributed by atoms with van der Waals surface area (Å²) in [7, 11) is 0. The van der Waals surface area contributed by atoms with Gasteiger partial charge in [0.1, 0.15) is 0 Å². The standard InChI is InChI=1S/C24H21N5OS/c30-22(28-14-12-18-7-4-5-8-20(18)16-28)17-31-24-27-26-23(19-9-6-13-25-15-19)29(24)21-10-2-1-3-11-21/h1-11,13,15H,12,14,16-17H2. The van der Waals surface area contributed by atoms with Gasteiger partial charge in [-0.1, -0.05) is 54.2 Å². The van der Waals surface area contributed by atoms with Crippen LogP contribution in [0.4, 0.5) is 0 Å². The van der Waals surface area contributed by atoms with Gasteiger partial charge in [-0.3, -0.25) is 14.3 Å². The molecule has 0 radical (unpaired) electrons. The first-order chi connectivity index (χ1) is 15.3. The molecule has 154 valence electrons. The number of rotatable bonds is 5. The van der Waals surface area contributed by atoms with Crippen LogP contribution in [0, 0.1) is 0 Å². The average Bonchev–Trinajstić information content (AvgIpc) is 3.27. The molecule has 0 spiro atoms. The van der Waals surface area contributed by atoms with E-state index in [1.807, 2.05) is 58.0 Å². The van der Waals surface area contributed by atoms with Gasteiger partial charge in [-0.15, -0.1) is 10.2 Å². The lowest BCUT2D eigenvalue weighted by Gasteiger charge is -2.28. The van der Waals surface area contributed by atoms with E-state index in [-0.39, 0.29) is 5.91 Å². The highest BCUT2D eigenvalue weighted by atomic mass is 32.2. The second kappa shape index (κ2) is 8.73. The molecule has 0 fully saturated rings. The van der Waals surface area contributed by atoms with Crippen LogP contribution in [-0.2, 0) is 17.8 Å². The topological polar surface area (TPSA) is 63.9 Å². The number of benzene rings is 2. The Bertz CT molecular complexity index is 1190. The number of carbonyl (C=O) groups excluding carboxylic acids is 1. The number of nitrogens with zero attached hydrogens (tertiary/aromatic N) is 5. The van der Waals surface area contributed by atoms with E-state index in [1.165, 1.54) is 22.9 Å². The van der Waals surface area contributed by atoms with E-state index in [0.717, 1.165) is 24.2 Å². The van der Waals surface area contributed by atoms with Crippen LogP contribution in [0.25, 0.3) is 17.1 Å². The Kier molecular flexibility index (Phi) is 5.50. The van der Waals surface area contributed by atoms with Crippen LogP contribution >= 0.6 is 11.8 Å². The quantitative estimate of drug-likeness (QED) is 0.451. The molecular weight excluding hydrogens is 406 g/mol. The van der Waals surface area contributed by atoms with Gasteiger partial charge >= 0.3 is 0 Å². The molecule has 3 heterocycles. The molecule has 1 aliphatic rings. The lowest BCUT2D eigenvalue weighted by atomic mass is 10.00. The number of hydrogen-bond donors (Lipinski definition) is 0. The Morgan fingerprint density at radius 1 is 0.935 bits per heavy atom. The van der Waals surface area contributed by atoms with Crippen molar-refractivity contribution in [2.45, 2.75) is 18.1 Å². The minimum atomic E-state index is 0.116. The molecule has 5 rings (SSSR count). The van der Waals surface area contributed by atoms with E-state index >= 15 is 0 Å². The smallest absolute Gasteiger partial charge is 0.233 e. The zero-order chi connectivity index (χ0) is 21.0. The van der Waals surface area contributed by atoms with Gasteiger partial charge in [-0.05, 0) is 41.8 Å². The lowest BCUT2D eigenvalue weighted by Crippen LogP contribution is -2.37. The molecule has 0 N–H and O–H groups in total. The normalized spacial score (nSPS) is 13.1. The van der Waals surface area contributed by atoms with Crippen LogP contribution in [0.2, 0.25) is 0 Å². The molecule has 6 nitrogen and oxygen atoms in total. The molecule has 0 saturated heterocycles. The van der Waals surface area contributed by atoms with Crippen LogP contribution in [0.5, 0.6) is 0 Å². The number of hydrogen-bond acceptors (Lipinski definition) is 5. The van der Waals surface area contributed by atoms with Gasteiger partial charge in [-0.25, -0.2) is 0 Å². The molecule has 31 heavy (non-hydrogen) atoms. The monoisotopic (exact) mass is 427 g/mol. The minimum Gasteiger partial charge on any atom is -0.337 e. The van der Waals surface area contributed by atoms with Gasteiger partial charge in [0.2, 0.25) is 5.91 Å². The average molecular weight is 428 g/mol. The maximum absolute atomic E-state index is 12.9. The first-order valence-electron chi connectivity index (χ1n) is 10.2. The predicted octanol–water partition coefficient (Wildman–Crippen LogP) is 4.01. The third-order valence-electron chi connectivity index (χ3n) is 5.38. The van der Waals surface area contributed by atoms with Crippen LogP contribution in [-0.4, -0.2) is 42.9 Å². The summed E-state index contributed by atoms with van der Waals surface area (Å²) in [5.74, 6) is 1.14. The maximum atomic E-state index is 12.9. The van der Waals surface area contributed by atoms with E-state index in [4.69, 9.17) is 0 Å². The summed E-state index contributed by atoms with van der Waals surface area (Å²) in [6.45, 7) is 1.42.